The van der Waals surface area contributed by atoms with E-state index in [2.05, 4.69) is 0 Å². The van der Waals surface area contributed by atoms with Gasteiger partial charge in [-0.1, -0.05) is 11.6 Å². The smallest absolute Gasteiger partial charge is 0.148 e. The topological polar surface area (TPSA) is 22.4 Å². The second-order valence-electron chi connectivity index (χ2n) is 2.41. The Kier molecular flexibility index (Phi) is 1.70. The van der Waals surface area contributed by atoms with Crippen LogP contribution < -0.4 is 4.74 Å². The lowest BCUT2D eigenvalue weighted by Gasteiger charge is -2.02. The van der Waals surface area contributed by atoms with Crippen LogP contribution in [0.5, 0.6) is 5.75 Å². The minimum Gasteiger partial charge on any atom is -0.494 e. The van der Waals surface area contributed by atoms with Gasteiger partial charge in [0.25, 0.3) is 0 Å². The SMILES string of the molecule is COc1c(Cl)ccc2occc12. The van der Waals surface area contributed by atoms with Crippen LogP contribution in [0, 0.1) is 0 Å². The molecule has 0 atom stereocenters. The first-order valence-electron chi connectivity index (χ1n) is 3.52. The Labute approximate surface area is 74.7 Å². The summed E-state index contributed by atoms with van der Waals surface area (Å²) in [4.78, 5) is 0. The molecular formula is C9H7ClO2. The first-order chi connectivity index (χ1) is 5.83. The third-order valence-corrected chi connectivity index (χ3v) is 2.04. The molecule has 2 nitrogen and oxygen atoms in total. The molecule has 0 aliphatic rings. The zero-order valence-electron chi connectivity index (χ0n) is 6.50. The van der Waals surface area contributed by atoms with Crippen molar-refractivity contribution in [1.82, 2.24) is 0 Å². The summed E-state index contributed by atoms with van der Waals surface area (Å²) >= 11 is 5.89. The Morgan fingerprint density at radius 1 is 1.33 bits per heavy atom. The monoisotopic (exact) mass is 182 g/mol. The van der Waals surface area contributed by atoms with Crippen molar-refractivity contribution in [1.29, 1.82) is 0 Å². The molecule has 1 heterocycles. The van der Waals surface area contributed by atoms with E-state index >= 15 is 0 Å². The van der Waals surface area contributed by atoms with Crippen molar-refractivity contribution in [3.05, 3.63) is 29.5 Å². The summed E-state index contributed by atoms with van der Waals surface area (Å²) in [5.41, 5.74) is 0.788. The fourth-order valence-corrected chi connectivity index (χ4v) is 1.44. The van der Waals surface area contributed by atoms with E-state index in [0.29, 0.717) is 10.8 Å². The third kappa shape index (κ3) is 0.959. The summed E-state index contributed by atoms with van der Waals surface area (Å²) in [7, 11) is 1.59. The average molecular weight is 183 g/mol. The predicted octanol–water partition coefficient (Wildman–Crippen LogP) is 3.09. The second-order valence-corrected chi connectivity index (χ2v) is 2.82. The van der Waals surface area contributed by atoms with E-state index in [0.717, 1.165) is 11.0 Å². The van der Waals surface area contributed by atoms with E-state index in [1.807, 2.05) is 12.1 Å². The van der Waals surface area contributed by atoms with Crippen LogP contribution in [0.4, 0.5) is 0 Å². The Bertz CT molecular complexity index is 406. The molecule has 2 aromatic rings. The molecule has 0 unspecified atom stereocenters. The van der Waals surface area contributed by atoms with Gasteiger partial charge in [-0.25, -0.2) is 0 Å². The number of ether oxygens (including phenoxy) is 1. The summed E-state index contributed by atoms with van der Waals surface area (Å²) in [6, 6.07) is 5.41. The number of benzene rings is 1. The zero-order valence-corrected chi connectivity index (χ0v) is 7.26. The largest absolute Gasteiger partial charge is 0.494 e. The number of hydrogen-bond acceptors (Lipinski definition) is 2. The molecule has 0 amide bonds. The van der Waals surface area contributed by atoms with E-state index < -0.39 is 0 Å². The fraction of sp³-hybridized carbons (Fsp3) is 0.111. The number of fused-ring (bicyclic) bond motifs is 1. The lowest BCUT2D eigenvalue weighted by atomic mass is 10.2. The summed E-state index contributed by atoms with van der Waals surface area (Å²) in [6.07, 6.45) is 1.61. The van der Waals surface area contributed by atoms with Crippen LogP contribution in [0.2, 0.25) is 5.02 Å². The number of hydrogen-bond donors (Lipinski definition) is 0. The minimum absolute atomic E-state index is 0.603. The van der Waals surface area contributed by atoms with Crippen LogP contribution >= 0.6 is 11.6 Å². The molecule has 0 fully saturated rings. The van der Waals surface area contributed by atoms with Crippen molar-refractivity contribution in [3.63, 3.8) is 0 Å². The zero-order chi connectivity index (χ0) is 8.55. The number of halogens is 1. The number of methoxy groups -OCH3 is 1. The highest BCUT2D eigenvalue weighted by Gasteiger charge is 2.07. The van der Waals surface area contributed by atoms with Crippen molar-refractivity contribution in [3.8, 4) is 5.75 Å². The Hall–Kier alpha value is -1.15. The van der Waals surface area contributed by atoms with Gasteiger partial charge in [0.05, 0.1) is 23.8 Å². The molecule has 3 heteroatoms. The Morgan fingerprint density at radius 3 is 2.92 bits per heavy atom. The normalized spacial score (nSPS) is 10.5. The maximum absolute atomic E-state index is 5.89. The van der Waals surface area contributed by atoms with Gasteiger partial charge in [0, 0.05) is 0 Å². The lowest BCUT2D eigenvalue weighted by molar-refractivity contribution is 0.420. The van der Waals surface area contributed by atoms with Crippen LogP contribution in [0.3, 0.4) is 0 Å². The van der Waals surface area contributed by atoms with Gasteiger partial charge in [-0.3, -0.25) is 0 Å². The standard InChI is InChI=1S/C9H7ClO2/c1-11-9-6-4-5-12-8(6)3-2-7(9)10/h2-5H,1H3. The third-order valence-electron chi connectivity index (χ3n) is 1.74. The summed E-state index contributed by atoms with van der Waals surface area (Å²) in [5, 5.41) is 1.51. The summed E-state index contributed by atoms with van der Waals surface area (Å²) in [6.45, 7) is 0. The van der Waals surface area contributed by atoms with Gasteiger partial charge >= 0.3 is 0 Å². The molecule has 1 aromatic carbocycles. The van der Waals surface area contributed by atoms with Crippen molar-refractivity contribution in [2.45, 2.75) is 0 Å². The quantitative estimate of drug-likeness (QED) is 0.676. The predicted molar refractivity (Wildman–Crippen MR) is 47.8 cm³/mol. The number of rotatable bonds is 1. The maximum Gasteiger partial charge on any atom is 0.148 e. The summed E-state index contributed by atoms with van der Waals surface area (Å²) in [5.74, 6) is 0.669. The molecule has 0 aliphatic heterocycles. The van der Waals surface area contributed by atoms with Gasteiger partial charge < -0.3 is 9.15 Å². The van der Waals surface area contributed by atoms with E-state index in [-0.39, 0.29) is 0 Å². The van der Waals surface area contributed by atoms with E-state index in [1.54, 1.807) is 19.4 Å². The van der Waals surface area contributed by atoms with Gasteiger partial charge in [0.2, 0.25) is 0 Å². The van der Waals surface area contributed by atoms with Crippen molar-refractivity contribution in [2.24, 2.45) is 0 Å². The van der Waals surface area contributed by atoms with Crippen LogP contribution in [0.15, 0.2) is 28.9 Å². The van der Waals surface area contributed by atoms with Gasteiger partial charge in [-0.15, -0.1) is 0 Å². The molecule has 2 rings (SSSR count). The van der Waals surface area contributed by atoms with Crippen LogP contribution in [0.25, 0.3) is 11.0 Å². The van der Waals surface area contributed by atoms with E-state index in [9.17, 15) is 0 Å². The summed E-state index contributed by atoms with van der Waals surface area (Å²) < 4.78 is 10.3. The molecule has 0 aliphatic carbocycles. The average Bonchev–Trinajstić information content (AvgIpc) is 2.52. The van der Waals surface area contributed by atoms with Gasteiger partial charge in [-0.05, 0) is 18.2 Å². The molecule has 0 N–H and O–H groups in total. The number of furan rings is 1. The highest BCUT2D eigenvalue weighted by molar-refractivity contribution is 6.33. The maximum atomic E-state index is 5.89. The Morgan fingerprint density at radius 2 is 2.17 bits per heavy atom. The Balaban J connectivity index is 2.83. The van der Waals surface area contributed by atoms with E-state index in [4.69, 9.17) is 20.8 Å². The molecule has 62 valence electrons. The van der Waals surface area contributed by atoms with Crippen LogP contribution in [0.1, 0.15) is 0 Å². The first kappa shape index (κ1) is 7.50. The second kappa shape index (κ2) is 2.72. The van der Waals surface area contributed by atoms with Gasteiger partial charge in [0.1, 0.15) is 11.3 Å². The fourth-order valence-electron chi connectivity index (χ4n) is 1.20. The molecule has 0 spiro atoms. The molecule has 0 saturated heterocycles. The molecule has 0 bridgehead atoms. The molecule has 0 radical (unpaired) electrons. The highest BCUT2D eigenvalue weighted by atomic mass is 35.5. The van der Waals surface area contributed by atoms with Crippen molar-refractivity contribution >= 4 is 22.6 Å². The van der Waals surface area contributed by atoms with E-state index in [1.165, 1.54) is 0 Å². The van der Waals surface area contributed by atoms with Crippen molar-refractivity contribution < 1.29 is 9.15 Å². The first-order valence-corrected chi connectivity index (χ1v) is 3.90. The van der Waals surface area contributed by atoms with Crippen LogP contribution in [-0.2, 0) is 0 Å². The molecule has 1 aromatic heterocycles. The molecule has 12 heavy (non-hydrogen) atoms. The molecule has 0 saturated carbocycles. The molecular weight excluding hydrogens is 176 g/mol. The van der Waals surface area contributed by atoms with Gasteiger partial charge in [0.15, 0.2) is 0 Å². The van der Waals surface area contributed by atoms with Gasteiger partial charge in [-0.2, -0.15) is 0 Å². The minimum atomic E-state index is 0.603. The van der Waals surface area contributed by atoms with Crippen molar-refractivity contribution in [2.75, 3.05) is 7.11 Å². The highest BCUT2D eigenvalue weighted by Crippen LogP contribution is 2.33. The van der Waals surface area contributed by atoms with Crippen LogP contribution in [-0.4, -0.2) is 7.11 Å². The lowest BCUT2D eigenvalue weighted by Crippen LogP contribution is -1.83.